The van der Waals surface area contributed by atoms with Crippen molar-refractivity contribution in [2.75, 3.05) is 140 Å². The SMILES string of the molecule is CCCC(=O)N(CCOC)CCOP(=O)(O)OCCN(CCOP(=O)(N=O)OCCN(CCO)C(=O)CC(C)(C)CC(C)(C)CNC(=O)CN(C)C)C(=O)CC(C)(C)CC(C)(C)CNC(=O)CN(C)C. The minimum atomic E-state index is -4.69. The van der Waals surface area contributed by atoms with E-state index in [1.165, 1.54) is 21.8 Å². The van der Waals surface area contributed by atoms with Crippen LogP contribution < -0.4 is 10.6 Å². The van der Waals surface area contributed by atoms with Gasteiger partial charge in [-0.25, -0.2) is 9.13 Å². The molecule has 410 valence electrons. The first kappa shape index (κ1) is 67.0. The fourth-order valence-corrected chi connectivity index (χ4v) is 9.70. The number of nitrogens with zero attached hydrogens (tertiary/aromatic N) is 6. The molecule has 0 aromatic carbocycles. The van der Waals surface area contributed by atoms with Crippen LogP contribution in [0.5, 0.6) is 0 Å². The number of aliphatic hydroxyl groups excluding tert-OH is 1. The zero-order chi connectivity index (χ0) is 54.0. The molecule has 0 radical (unpaired) electrons. The number of carbonyl (C=O) groups is 5. The fraction of sp³-hybridized carbons (Fsp3) is 0.889. The van der Waals surface area contributed by atoms with E-state index in [-0.39, 0.29) is 120 Å². The average molecular weight is 1050 g/mol. The lowest BCUT2D eigenvalue weighted by atomic mass is 9.73. The Kier molecular flexibility index (Phi) is 30.9. The van der Waals surface area contributed by atoms with Gasteiger partial charge in [-0.2, -0.15) is 0 Å². The Balaban J connectivity index is 5.92. The highest BCUT2D eigenvalue weighted by molar-refractivity contribution is 7.52. The van der Waals surface area contributed by atoms with E-state index in [0.29, 0.717) is 32.4 Å². The van der Waals surface area contributed by atoms with E-state index in [0.717, 1.165) is 0 Å². The third-order valence-electron chi connectivity index (χ3n) is 10.6. The zero-order valence-electron chi connectivity index (χ0n) is 44.8. The van der Waals surface area contributed by atoms with E-state index in [1.54, 1.807) is 38.0 Å². The van der Waals surface area contributed by atoms with Crippen molar-refractivity contribution in [3.8, 4) is 0 Å². The first-order valence-corrected chi connectivity index (χ1v) is 26.9. The number of likely N-dealkylation sites (N-methyl/N-ethyl adjacent to an activating group) is 2. The number of hydrogen-bond acceptors (Lipinski definition) is 16. The smallest absolute Gasteiger partial charge is 0.395 e. The quantitative estimate of drug-likeness (QED) is 0.0499. The highest BCUT2D eigenvalue weighted by Crippen LogP contribution is 2.49. The molecule has 0 fully saturated rings. The summed E-state index contributed by atoms with van der Waals surface area (Å²) in [5, 5.41) is 15.6. The van der Waals surface area contributed by atoms with Crippen molar-refractivity contribution in [1.29, 1.82) is 0 Å². The summed E-state index contributed by atoms with van der Waals surface area (Å²) in [6.45, 7) is 16.2. The molecule has 0 aromatic rings. The van der Waals surface area contributed by atoms with Crippen LogP contribution in [-0.4, -0.2) is 204 Å². The molecule has 0 heterocycles. The highest BCUT2D eigenvalue weighted by Gasteiger charge is 2.35. The number of hydrogen-bond donors (Lipinski definition) is 4. The van der Waals surface area contributed by atoms with Crippen LogP contribution in [0.3, 0.4) is 0 Å². The van der Waals surface area contributed by atoms with Gasteiger partial charge in [0, 0.05) is 83.7 Å². The molecule has 70 heavy (non-hydrogen) atoms. The molecule has 0 bridgehead atoms. The molecule has 0 saturated carbocycles. The maximum atomic E-state index is 14.0. The highest BCUT2D eigenvalue weighted by atomic mass is 31.2. The Bertz CT molecular complexity index is 1720. The third kappa shape index (κ3) is 31.5. The van der Waals surface area contributed by atoms with E-state index < -0.39 is 57.5 Å². The van der Waals surface area contributed by atoms with Crippen LogP contribution in [0.1, 0.15) is 101 Å². The van der Waals surface area contributed by atoms with Gasteiger partial charge in [-0.05, 0) is 69.1 Å². The molecule has 2 atom stereocenters. The van der Waals surface area contributed by atoms with Crippen molar-refractivity contribution in [3.63, 3.8) is 0 Å². The Hall–Kier alpha value is -2.95. The fourth-order valence-electron chi connectivity index (χ4n) is 8.21. The lowest BCUT2D eigenvalue weighted by Crippen LogP contribution is -2.42. The average Bonchev–Trinajstić information content (AvgIpc) is 3.21. The second-order valence-electron chi connectivity index (χ2n) is 21.4. The molecular formula is C45H90N8O15P2. The van der Waals surface area contributed by atoms with Gasteiger partial charge in [0.1, 0.15) is 0 Å². The summed E-state index contributed by atoms with van der Waals surface area (Å²) in [6.07, 6.45) is 1.99. The topological polar surface area (TPSA) is 276 Å². The van der Waals surface area contributed by atoms with E-state index >= 15 is 0 Å². The van der Waals surface area contributed by atoms with Crippen molar-refractivity contribution in [1.82, 2.24) is 35.1 Å². The van der Waals surface area contributed by atoms with E-state index in [9.17, 15) is 48.0 Å². The predicted molar refractivity (Wildman–Crippen MR) is 267 cm³/mol. The minimum Gasteiger partial charge on any atom is -0.395 e. The van der Waals surface area contributed by atoms with E-state index in [4.69, 9.17) is 22.8 Å². The molecule has 5 amide bonds. The standard InChI is InChI=1S/C45H90N8O15P2/c1-15-16-39(57)52(18-24-64-14)21-27-67-70(62,63)68-28-22-53(41(59)30-43(4,5)34-45(8,9)36-47-38(56)32-50(12)13)20-26-66-69(61,48-60)65-25-19-51(17-23-54)40(58)29-42(2,3)33-44(6,7)35-46-37(55)31-49(10)11/h54H,15-36H2,1-14H3,(H,46,55)(H,47,56)(H,62,63). The number of carbonyl (C=O) groups excluding carboxylic acids is 5. The summed E-state index contributed by atoms with van der Waals surface area (Å²) in [7, 11) is -0.702. The number of phosphoric acid groups is 1. The summed E-state index contributed by atoms with van der Waals surface area (Å²) in [5.74, 6) is -1.19. The first-order valence-electron chi connectivity index (χ1n) is 23.9. The van der Waals surface area contributed by atoms with Crippen LogP contribution in [0.15, 0.2) is 4.95 Å². The number of phosphoric ester groups is 1. The van der Waals surface area contributed by atoms with Gasteiger partial charge in [-0.1, -0.05) is 62.3 Å². The Morgan fingerprint density at radius 3 is 1.27 bits per heavy atom. The summed E-state index contributed by atoms with van der Waals surface area (Å²) in [5.41, 5.74) is -1.96. The lowest BCUT2D eigenvalue weighted by Gasteiger charge is -2.36. The van der Waals surface area contributed by atoms with Crippen LogP contribution in [0.25, 0.3) is 0 Å². The molecule has 0 rings (SSSR count). The summed E-state index contributed by atoms with van der Waals surface area (Å²) in [6, 6.07) is 0. The number of nitroso groups, excluding NO2 is 1. The van der Waals surface area contributed by atoms with E-state index in [2.05, 4.69) is 15.6 Å². The lowest BCUT2D eigenvalue weighted by molar-refractivity contribution is -0.135. The van der Waals surface area contributed by atoms with Gasteiger partial charge in [0.2, 0.25) is 29.5 Å². The van der Waals surface area contributed by atoms with Gasteiger partial charge < -0.3 is 49.9 Å². The zero-order valence-corrected chi connectivity index (χ0v) is 46.6. The molecular weight excluding hydrogens is 954 g/mol. The molecule has 0 saturated heterocycles. The van der Waals surface area contributed by atoms with Crippen LogP contribution in [0.4, 0.5) is 0 Å². The summed E-state index contributed by atoms with van der Waals surface area (Å²) >= 11 is 0. The monoisotopic (exact) mass is 1040 g/mol. The van der Waals surface area contributed by atoms with Crippen molar-refractivity contribution in [3.05, 3.63) is 4.91 Å². The predicted octanol–water partition coefficient (Wildman–Crippen LogP) is 3.97. The Morgan fingerprint density at radius 2 is 0.929 bits per heavy atom. The maximum absolute atomic E-state index is 14.0. The van der Waals surface area contributed by atoms with Crippen molar-refractivity contribution >= 4 is 45.1 Å². The molecule has 2 unspecified atom stereocenters. The molecule has 0 aliphatic rings. The Morgan fingerprint density at radius 1 is 0.571 bits per heavy atom. The van der Waals surface area contributed by atoms with Gasteiger partial charge in [0.05, 0.1) is 52.7 Å². The summed E-state index contributed by atoms with van der Waals surface area (Å²) in [4.78, 5) is 97.1. The number of rotatable bonds is 40. The molecule has 4 N–H and O–H groups in total. The summed E-state index contributed by atoms with van der Waals surface area (Å²) < 4.78 is 52.4. The normalized spacial score (nSPS) is 14.2. The second kappa shape index (κ2) is 32.3. The number of nitrogens with one attached hydrogen (secondary N) is 2. The molecule has 0 aliphatic heterocycles. The molecule has 0 spiro atoms. The largest absolute Gasteiger partial charge is 0.489 e. The van der Waals surface area contributed by atoms with Crippen molar-refractivity contribution < 1.29 is 65.9 Å². The van der Waals surface area contributed by atoms with Gasteiger partial charge in [-0.15, -0.1) is 4.91 Å². The molecule has 0 aromatic heterocycles. The third-order valence-corrected chi connectivity index (χ3v) is 12.9. The first-order chi connectivity index (χ1) is 32.2. The van der Waals surface area contributed by atoms with Crippen molar-refractivity contribution in [2.24, 2.45) is 26.6 Å². The van der Waals surface area contributed by atoms with Crippen molar-refractivity contribution in [2.45, 2.75) is 101 Å². The van der Waals surface area contributed by atoms with Crippen LogP contribution in [-0.2, 0) is 55.9 Å². The molecule has 0 aliphatic carbocycles. The minimum absolute atomic E-state index is 0.00293. The second-order valence-corrected chi connectivity index (χ2v) is 24.4. The van der Waals surface area contributed by atoms with Crippen LogP contribution >= 0.6 is 15.6 Å². The van der Waals surface area contributed by atoms with Crippen LogP contribution in [0, 0.1) is 26.6 Å². The molecule has 25 heteroatoms. The van der Waals surface area contributed by atoms with E-state index in [1.807, 2.05) is 62.3 Å². The number of methoxy groups -OCH3 is 1. The van der Waals surface area contributed by atoms with Gasteiger partial charge in [0.15, 0.2) is 0 Å². The maximum Gasteiger partial charge on any atom is 0.489 e. The van der Waals surface area contributed by atoms with Crippen LogP contribution in [0.2, 0.25) is 0 Å². The number of ether oxygens (including phenoxy) is 1. The van der Waals surface area contributed by atoms with Gasteiger partial charge in [-0.3, -0.25) is 42.1 Å². The molecule has 23 nitrogen and oxygen atoms in total. The number of aliphatic hydroxyl groups is 1. The van der Waals surface area contributed by atoms with Gasteiger partial charge >= 0.3 is 15.6 Å². The van der Waals surface area contributed by atoms with Gasteiger partial charge in [0.25, 0.3) is 0 Å². The Labute approximate surface area is 417 Å². The number of amides is 5.